The van der Waals surface area contributed by atoms with Gasteiger partial charge < -0.3 is 15.8 Å². The van der Waals surface area contributed by atoms with Gasteiger partial charge >= 0.3 is 0 Å². The lowest BCUT2D eigenvalue weighted by Gasteiger charge is -2.27. The molecule has 2 heterocycles. The predicted octanol–water partition coefficient (Wildman–Crippen LogP) is 0.623. The Kier molecular flexibility index (Phi) is 3.63. The molecule has 0 bridgehead atoms. The van der Waals surface area contributed by atoms with Crippen LogP contribution in [0.25, 0.3) is 0 Å². The fourth-order valence-corrected chi connectivity index (χ4v) is 2.00. The van der Waals surface area contributed by atoms with Gasteiger partial charge in [-0.25, -0.2) is 0 Å². The molecular formula is C13H19N3O2. The third-order valence-electron chi connectivity index (χ3n) is 3.57. The highest BCUT2D eigenvalue weighted by atomic mass is 16.5. The van der Waals surface area contributed by atoms with E-state index in [-0.39, 0.29) is 18.0 Å². The van der Waals surface area contributed by atoms with E-state index in [0.29, 0.717) is 13.2 Å². The number of nitrogens with zero attached hydrogens (tertiary/aromatic N) is 1. The molecule has 1 aromatic rings. The summed E-state index contributed by atoms with van der Waals surface area (Å²) in [5, 5.41) is 2.97. The highest BCUT2D eigenvalue weighted by molar-refractivity contribution is 5.84. The number of amides is 1. The maximum absolute atomic E-state index is 12.3. The number of carbonyl (C=O) groups excluding carboxylic acids is 1. The van der Waals surface area contributed by atoms with E-state index >= 15 is 0 Å². The van der Waals surface area contributed by atoms with E-state index in [1.165, 1.54) is 0 Å². The van der Waals surface area contributed by atoms with Crippen molar-refractivity contribution in [2.24, 2.45) is 11.1 Å². The van der Waals surface area contributed by atoms with Gasteiger partial charge in [-0.15, -0.1) is 0 Å². The van der Waals surface area contributed by atoms with E-state index in [2.05, 4.69) is 10.3 Å². The molecule has 0 spiro atoms. The highest BCUT2D eigenvalue weighted by Crippen LogP contribution is 2.28. The van der Waals surface area contributed by atoms with Gasteiger partial charge in [0.05, 0.1) is 24.7 Å². The van der Waals surface area contributed by atoms with Crippen LogP contribution in [0.1, 0.15) is 25.5 Å². The molecule has 98 valence electrons. The number of nitrogens with one attached hydrogen (secondary N) is 1. The van der Waals surface area contributed by atoms with Gasteiger partial charge in [-0.3, -0.25) is 9.78 Å². The molecule has 1 saturated heterocycles. The summed E-state index contributed by atoms with van der Waals surface area (Å²) in [5.74, 6) is -0.0659. The zero-order valence-electron chi connectivity index (χ0n) is 10.7. The molecule has 0 radical (unpaired) electrons. The van der Waals surface area contributed by atoms with Gasteiger partial charge in [0.25, 0.3) is 0 Å². The van der Waals surface area contributed by atoms with Crippen LogP contribution in [0.2, 0.25) is 0 Å². The number of hydrogen-bond acceptors (Lipinski definition) is 4. The Morgan fingerprint density at radius 2 is 2.50 bits per heavy atom. The number of pyridine rings is 1. The van der Waals surface area contributed by atoms with Crippen molar-refractivity contribution >= 4 is 5.91 Å². The van der Waals surface area contributed by atoms with Crippen LogP contribution in [-0.2, 0) is 9.53 Å². The normalized spacial score (nSPS) is 28.9. The fraction of sp³-hybridized carbons (Fsp3) is 0.538. The molecular weight excluding hydrogens is 230 g/mol. The molecule has 5 nitrogen and oxygen atoms in total. The zero-order chi connectivity index (χ0) is 13.2. The molecule has 3 unspecified atom stereocenters. The first-order chi connectivity index (χ1) is 8.54. The molecule has 5 heteroatoms. The Bertz CT molecular complexity index is 424. The molecule has 3 atom stereocenters. The SMILES string of the molecule is CC(NC(=O)C1(C)COCC1N)c1cccnc1. The minimum Gasteiger partial charge on any atom is -0.379 e. The number of carbonyl (C=O) groups is 1. The third kappa shape index (κ3) is 2.37. The summed E-state index contributed by atoms with van der Waals surface area (Å²) in [4.78, 5) is 16.3. The first-order valence-corrected chi connectivity index (χ1v) is 6.08. The van der Waals surface area contributed by atoms with Gasteiger partial charge in [-0.2, -0.15) is 0 Å². The molecule has 2 rings (SSSR count). The fourth-order valence-electron chi connectivity index (χ4n) is 2.00. The van der Waals surface area contributed by atoms with Crippen LogP contribution in [0.5, 0.6) is 0 Å². The van der Waals surface area contributed by atoms with Crippen molar-refractivity contribution < 1.29 is 9.53 Å². The van der Waals surface area contributed by atoms with E-state index < -0.39 is 5.41 Å². The molecule has 0 aliphatic carbocycles. The highest BCUT2D eigenvalue weighted by Gasteiger charge is 2.44. The summed E-state index contributed by atoms with van der Waals surface area (Å²) in [5.41, 5.74) is 6.26. The number of rotatable bonds is 3. The van der Waals surface area contributed by atoms with Crippen molar-refractivity contribution in [2.45, 2.75) is 25.9 Å². The van der Waals surface area contributed by atoms with E-state index in [4.69, 9.17) is 10.5 Å². The Labute approximate surface area is 107 Å². The average molecular weight is 249 g/mol. The quantitative estimate of drug-likeness (QED) is 0.823. The number of aromatic nitrogens is 1. The van der Waals surface area contributed by atoms with E-state index in [1.54, 1.807) is 12.4 Å². The van der Waals surface area contributed by atoms with Crippen molar-refractivity contribution in [3.05, 3.63) is 30.1 Å². The molecule has 1 aliphatic rings. The molecule has 1 aliphatic heterocycles. The lowest BCUT2D eigenvalue weighted by Crippen LogP contribution is -2.50. The summed E-state index contributed by atoms with van der Waals surface area (Å²) in [6.45, 7) is 4.58. The number of nitrogens with two attached hydrogens (primary N) is 1. The third-order valence-corrected chi connectivity index (χ3v) is 3.57. The summed E-state index contributed by atoms with van der Waals surface area (Å²) in [7, 11) is 0. The minimum atomic E-state index is -0.642. The van der Waals surface area contributed by atoms with Crippen molar-refractivity contribution in [3.63, 3.8) is 0 Å². The first kappa shape index (κ1) is 13.0. The topological polar surface area (TPSA) is 77.2 Å². The van der Waals surface area contributed by atoms with Gasteiger partial charge in [0, 0.05) is 18.4 Å². The second-order valence-corrected chi connectivity index (χ2v) is 5.02. The molecule has 1 amide bonds. The van der Waals surface area contributed by atoms with Crippen molar-refractivity contribution in [3.8, 4) is 0 Å². The van der Waals surface area contributed by atoms with E-state index in [1.807, 2.05) is 26.0 Å². The largest absolute Gasteiger partial charge is 0.379 e. The lowest BCUT2D eigenvalue weighted by molar-refractivity contribution is -0.131. The van der Waals surface area contributed by atoms with Gasteiger partial charge in [-0.05, 0) is 25.5 Å². The van der Waals surface area contributed by atoms with E-state index in [0.717, 1.165) is 5.56 Å². The molecule has 1 fully saturated rings. The number of hydrogen-bond donors (Lipinski definition) is 2. The number of ether oxygens (including phenoxy) is 1. The standard InChI is InChI=1S/C13H19N3O2/c1-9(10-4-3-5-15-6-10)16-12(17)13(2)8-18-7-11(13)14/h3-6,9,11H,7-8,14H2,1-2H3,(H,16,17). The maximum Gasteiger partial charge on any atom is 0.230 e. The Hall–Kier alpha value is -1.46. The van der Waals surface area contributed by atoms with Gasteiger partial charge in [0.15, 0.2) is 0 Å². The summed E-state index contributed by atoms with van der Waals surface area (Å²) in [6, 6.07) is 3.45. The lowest BCUT2D eigenvalue weighted by atomic mass is 9.84. The van der Waals surface area contributed by atoms with E-state index in [9.17, 15) is 4.79 Å². The molecule has 0 aromatic carbocycles. The zero-order valence-corrected chi connectivity index (χ0v) is 10.7. The van der Waals surface area contributed by atoms with Gasteiger partial charge in [-0.1, -0.05) is 6.07 Å². The monoisotopic (exact) mass is 249 g/mol. The van der Waals surface area contributed by atoms with Crippen LogP contribution in [0.15, 0.2) is 24.5 Å². The van der Waals surface area contributed by atoms with Gasteiger partial charge in [0.2, 0.25) is 5.91 Å². The molecule has 1 aromatic heterocycles. The van der Waals surface area contributed by atoms with Crippen LogP contribution in [-0.4, -0.2) is 30.1 Å². The Morgan fingerprint density at radius 1 is 1.72 bits per heavy atom. The summed E-state index contributed by atoms with van der Waals surface area (Å²) >= 11 is 0. The smallest absolute Gasteiger partial charge is 0.230 e. The summed E-state index contributed by atoms with van der Waals surface area (Å²) < 4.78 is 5.28. The van der Waals surface area contributed by atoms with Crippen LogP contribution < -0.4 is 11.1 Å². The first-order valence-electron chi connectivity index (χ1n) is 6.08. The Balaban J connectivity index is 2.04. The van der Waals surface area contributed by atoms with Gasteiger partial charge in [0.1, 0.15) is 0 Å². The Morgan fingerprint density at radius 3 is 3.06 bits per heavy atom. The van der Waals surface area contributed by atoms with Crippen LogP contribution in [0.4, 0.5) is 0 Å². The minimum absolute atomic E-state index is 0.0659. The maximum atomic E-state index is 12.3. The summed E-state index contributed by atoms with van der Waals surface area (Å²) in [6.07, 6.45) is 3.46. The molecule has 3 N–H and O–H groups in total. The molecule has 0 saturated carbocycles. The second-order valence-electron chi connectivity index (χ2n) is 5.02. The van der Waals surface area contributed by atoms with Crippen LogP contribution in [0.3, 0.4) is 0 Å². The second kappa shape index (κ2) is 5.04. The van der Waals surface area contributed by atoms with Crippen molar-refractivity contribution in [1.29, 1.82) is 0 Å². The average Bonchev–Trinajstić information content (AvgIpc) is 2.72. The predicted molar refractivity (Wildman–Crippen MR) is 67.7 cm³/mol. The van der Waals surface area contributed by atoms with Crippen molar-refractivity contribution in [2.75, 3.05) is 13.2 Å². The van der Waals surface area contributed by atoms with Crippen LogP contribution in [0, 0.1) is 5.41 Å². The molecule has 18 heavy (non-hydrogen) atoms. The van der Waals surface area contributed by atoms with Crippen LogP contribution >= 0.6 is 0 Å². The van der Waals surface area contributed by atoms with Crippen molar-refractivity contribution in [1.82, 2.24) is 10.3 Å².